The molecule has 1 aromatic heterocycles. The summed E-state index contributed by atoms with van der Waals surface area (Å²) in [6, 6.07) is 4.21. The smallest absolute Gasteiger partial charge is 0.0444 e. The Bertz CT molecular complexity index is 282. The Kier molecular flexibility index (Phi) is 3.69. The fraction of sp³-hybridized carbons (Fsp3) is 0.417. The van der Waals surface area contributed by atoms with E-state index in [1.54, 1.807) is 0 Å². The van der Waals surface area contributed by atoms with E-state index in [1.807, 2.05) is 6.20 Å². The van der Waals surface area contributed by atoms with Gasteiger partial charge in [0.05, 0.1) is 0 Å². The van der Waals surface area contributed by atoms with Gasteiger partial charge >= 0.3 is 0 Å². The Hall–Kier alpha value is -1.11. The monoisotopic (exact) mass is 175 g/mol. The van der Waals surface area contributed by atoms with E-state index in [9.17, 15) is 0 Å². The summed E-state index contributed by atoms with van der Waals surface area (Å²) in [5, 5.41) is 0. The molecule has 1 rings (SSSR count). The van der Waals surface area contributed by atoms with Crippen LogP contribution in [0.15, 0.2) is 30.0 Å². The zero-order chi connectivity index (χ0) is 9.68. The van der Waals surface area contributed by atoms with E-state index >= 15 is 0 Å². The first-order valence-corrected chi connectivity index (χ1v) is 4.79. The first-order chi connectivity index (χ1) is 6.22. The van der Waals surface area contributed by atoms with Crippen molar-refractivity contribution in [3.63, 3.8) is 0 Å². The minimum Gasteiger partial charge on any atom is -0.261 e. The maximum absolute atomic E-state index is 4.36. The van der Waals surface area contributed by atoms with Crippen molar-refractivity contribution in [1.82, 2.24) is 4.98 Å². The van der Waals surface area contributed by atoms with Gasteiger partial charge in [-0.15, -0.1) is 0 Å². The van der Waals surface area contributed by atoms with E-state index in [0.29, 0.717) is 0 Å². The fourth-order valence-corrected chi connectivity index (χ4v) is 1.31. The van der Waals surface area contributed by atoms with Crippen LogP contribution in [0.2, 0.25) is 0 Å². The third-order valence-corrected chi connectivity index (χ3v) is 1.99. The highest BCUT2D eigenvalue weighted by Crippen LogP contribution is 2.06. The van der Waals surface area contributed by atoms with Crippen LogP contribution in [0.25, 0.3) is 0 Å². The van der Waals surface area contributed by atoms with Gasteiger partial charge in [-0.1, -0.05) is 24.6 Å². The molecule has 0 atom stereocenters. The van der Waals surface area contributed by atoms with Crippen molar-refractivity contribution in [2.45, 2.75) is 33.6 Å². The predicted octanol–water partition coefficient (Wildman–Crippen LogP) is 3.29. The summed E-state index contributed by atoms with van der Waals surface area (Å²) < 4.78 is 0. The lowest BCUT2D eigenvalue weighted by Gasteiger charge is -2.00. The number of aromatic nitrogens is 1. The summed E-state index contributed by atoms with van der Waals surface area (Å²) in [5.74, 6) is 0. The van der Waals surface area contributed by atoms with Crippen molar-refractivity contribution >= 4 is 0 Å². The lowest BCUT2D eigenvalue weighted by Crippen LogP contribution is -1.91. The van der Waals surface area contributed by atoms with Crippen LogP contribution in [0.3, 0.4) is 0 Å². The predicted molar refractivity (Wildman–Crippen MR) is 56.7 cm³/mol. The molecule has 1 aromatic rings. The van der Waals surface area contributed by atoms with Crippen molar-refractivity contribution in [3.8, 4) is 0 Å². The molecule has 0 N–H and O–H groups in total. The summed E-state index contributed by atoms with van der Waals surface area (Å²) in [4.78, 5) is 4.36. The van der Waals surface area contributed by atoms with Crippen molar-refractivity contribution in [1.29, 1.82) is 0 Å². The Morgan fingerprint density at radius 1 is 1.46 bits per heavy atom. The Morgan fingerprint density at radius 2 is 2.23 bits per heavy atom. The number of hydrogen-bond acceptors (Lipinski definition) is 1. The van der Waals surface area contributed by atoms with E-state index in [2.05, 4.69) is 44.0 Å². The number of rotatable bonds is 3. The van der Waals surface area contributed by atoms with Gasteiger partial charge in [-0.25, -0.2) is 0 Å². The van der Waals surface area contributed by atoms with Gasteiger partial charge in [-0.05, 0) is 31.9 Å². The van der Waals surface area contributed by atoms with Gasteiger partial charge in [0, 0.05) is 18.3 Å². The Balaban J connectivity index is 2.64. The molecule has 0 fully saturated rings. The molecule has 1 heterocycles. The van der Waals surface area contributed by atoms with E-state index in [0.717, 1.165) is 18.5 Å². The molecule has 0 saturated carbocycles. The minimum absolute atomic E-state index is 0.980. The largest absolute Gasteiger partial charge is 0.261 e. The molecular weight excluding hydrogens is 158 g/mol. The van der Waals surface area contributed by atoms with Crippen LogP contribution >= 0.6 is 0 Å². The van der Waals surface area contributed by atoms with Crippen molar-refractivity contribution < 1.29 is 0 Å². The molecule has 1 heteroatoms. The van der Waals surface area contributed by atoms with E-state index in [1.165, 1.54) is 11.1 Å². The summed E-state index contributed by atoms with van der Waals surface area (Å²) >= 11 is 0. The van der Waals surface area contributed by atoms with Crippen LogP contribution in [0.5, 0.6) is 0 Å². The van der Waals surface area contributed by atoms with Crippen LogP contribution < -0.4 is 0 Å². The van der Waals surface area contributed by atoms with Gasteiger partial charge in [0.2, 0.25) is 0 Å². The highest BCUT2D eigenvalue weighted by atomic mass is 14.7. The fourth-order valence-electron chi connectivity index (χ4n) is 1.31. The normalized spacial score (nSPS) is 11.8. The van der Waals surface area contributed by atoms with Gasteiger partial charge < -0.3 is 0 Å². The molecular formula is C12H17N. The van der Waals surface area contributed by atoms with E-state index in [-0.39, 0.29) is 0 Å². The highest BCUT2D eigenvalue weighted by Gasteiger charge is 1.94. The molecule has 0 unspecified atom stereocenters. The molecule has 0 aliphatic heterocycles. The van der Waals surface area contributed by atoms with Crippen LogP contribution in [0, 0.1) is 6.92 Å². The Labute approximate surface area is 80.5 Å². The van der Waals surface area contributed by atoms with Crippen molar-refractivity contribution in [3.05, 3.63) is 41.2 Å². The molecule has 0 aliphatic carbocycles. The molecule has 0 saturated heterocycles. The van der Waals surface area contributed by atoms with Gasteiger partial charge in [-0.3, -0.25) is 4.98 Å². The summed E-state index contributed by atoms with van der Waals surface area (Å²) in [7, 11) is 0. The molecule has 0 amide bonds. The van der Waals surface area contributed by atoms with Crippen LogP contribution in [0.1, 0.15) is 31.5 Å². The number of nitrogens with zero attached hydrogens (tertiary/aromatic N) is 1. The second-order valence-electron chi connectivity index (χ2n) is 3.46. The number of pyridine rings is 1. The number of hydrogen-bond donors (Lipinski definition) is 0. The van der Waals surface area contributed by atoms with Gasteiger partial charge in [0.15, 0.2) is 0 Å². The van der Waals surface area contributed by atoms with E-state index in [4.69, 9.17) is 0 Å². The molecule has 0 bridgehead atoms. The van der Waals surface area contributed by atoms with Crippen molar-refractivity contribution in [2.24, 2.45) is 0 Å². The maximum Gasteiger partial charge on any atom is 0.0444 e. The number of allylic oxidation sites excluding steroid dienone is 2. The van der Waals surface area contributed by atoms with Gasteiger partial charge in [0.1, 0.15) is 0 Å². The van der Waals surface area contributed by atoms with Gasteiger partial charge in [-0.2, -0.15) is 0 Å². The van der Waals surface area contributed by atoms with Gasteiger partial charge in [0.25, 0.3) is 0 Å². The van der Waals surface area contributed by atoms with E-state index < -0.39 is 0 Å². The first-order valence-electron chi connectivity index (χ1n) is 4.79. The third-order valence-electron chi connectivity index (χ3n) is 1.99. The topological polar surface area (TPSA) is 12.9 Å². The molecule has 70 valence electrons. The van der Waals surface area contributed by atoms with Crippen LogP contribution in [-0.2, 0) is 6.42 Å². The molecule has 0 aromatic carbocycles. The van der Waals surface area contributed by atoms with Crippen LogP contribution in [-0.4, -0.2) is 4.98 Å². The molecule has 0 spiro atoms. The average Bonchev–Trinajstić information content (AvgIpc) is 2.09. The highest BCUT2D eigenvalue weighted by molar-refractivity contribution is 5.17. The van der Waals surface area contributed by atoms with Crippen molar-refractivity contribution in [2.75, 3.05) is 0 Å². The lowest BCUT2D eigenvalue weighted by atomic mass is 10.1. The maximum atomic E-state index is 4.36. The standard InChI is InChI=1S/C12H17N/c1-4-5-10(2)8-12-7-6-11(3)9-13-12/h5-7,9H,4,8H2,1-3H3. The molecule has 0 radical (unpaired) electrons. The molecule has 13 heavy (non-hydrogen) atoms. The quantitative estimate of drug-likeness (QED) is 0.642. The minimum atomic E-state index is 0.980. The summed E-state index contributed by atoms with van der Waals surface area (Å²) in [6.45, 7) is 6.38. The number of aryl methyl sites for hydroxylation is 1. The second-order valence-corrected chi connectivity index (χ2v) is 3.46. The lowest BCUT2D eigenvalue weighted by molar-refractivity contribution is 1.02. The third kappa shape index (κ3) is 3.41. The average molecular weight is 175 g/mol. The summed E-state index contributed by atoms with van der Waals surface area (Å²) in [5.41, 5.74) is 3.78. The molecule has 1 nitrogen and oxygen atoms in total. The Morgan fingerprint density at radius 3 is 2.77 bits per heavy atom. The zero-order valence-corrected chi connectivity index (χ0v) is 8.67. The first kappa shape index (κ1) is 9.97. The summed E-state index contributed by atoms with van der Waals surface area (Å²) in [6.07, 6.45) is 6.27. The SMILES string of the molecule is CCC=C(C)Cc1ccc(C)cn1. The second kappa shape index (κ2) is 4.80. The molecule has 0 aliphatic rings. The van der Waals surface area contributed by atoms with Crippen LogP contribution in [0.4, 0.5) is 0 Å². The zero-order valence-electron chi connectivity index (χ0n) is 8.67.